The number of rotatable bonds is 5. The van der Waals surface area contributed by atoms with Crippen molar-refractivity contribution in [2.24, 2.45) is 0 Å². The zero-order valence-electron chi connectivity index (χ0n) is 17.9. The normalized spacial score (nSPS) is 14.9. The van der Waals surface area contributed by atoms with Gasteiger partial charge >= 0.3 is 0 Å². The quantitative estimate of drug-likeness (QED) is 0.115. The van der Waals surface area contributed by atoms with Crippen molar-refractivity contribution >= 4 is 85.8 Å². The first-order chi connectivity index (χ1) is 16.8. The summed E-state index contributed by atoms with van der Waals surface area (Å²) in [4.78, 5) is 25.7. The molecule has 10 heteroatoms. The second kappa shape index (κ2) is 9.47. The van der Waals surface area contributed by atoms with Crippen molar-refractivity contribution in [3.63, 3.8) is 0 Å². The number of benzene rings is 3. The van der Waals surface area contributed by atoms with E-state index in [1.54, 1.807) is 30.3 Å². The lowest BCUT2D eigenvalue weighted by molar-refractivity contribution is -0.384. The number of amides is 1. The van der Waals surface area contributed by atoms with Gasteiger partial charge < -0.3 is 4.57 Å². The van der Waals surface area contributed by atoms with E-state index in [1.165, 1.54) is 28.8 Å². The second-order valence-corrected chi connectivity index (χ2v) is 10.3. The number of para-hydroxylation sites is 1. The number of non-ortho nitro benzene ring substituents is 1. The second-order valence-electron chi connectivity index (χ2n) is 7.77. The summed E-state index contributed by atoms with van der Waals surface area (Å²) in [6.45, 7) is 0.524. The van der Waals surface area contributed by atoms with Gasteiger partial charge in [-0.25, -0.2) is 0 Å². The molecule has 0 N–H and O–H groups in total. The molecule has 5 rings (SSSR count). The first kappa shape index (κ1) is 23.6. The number of carbonyl (C=O) groups excluding carboxylic acids is 1. The number of carbonyl (C=O) groups is 1. The van der Waals surface area contributed by atoms with E-state index in [1.807, 2.05) is 36.5 Å². The molecule has 1 fully saturated rings. The third kappa shape index (κ3) is 4.58. The van der Waals surface area contributed by atoms with Crippen LogP contribution in [0.3, 0.4) is 0 Å². The van der Waals surface area contributed by atoms with Crippen LogP contribution in [0.4, 0.5) is 11.4 Å². The summed E-state index contributed by atoms with van der Waals surface area (Å²) in [7, 11) is 0. The highest BCUT2D eigenvalue weighted by Crippen LogP contribution is 2.39. The Hall–Kier alpha value is -3.17. The minimum atomic E-state index is -0.416. The first-order valence-electron chi connectivity index (χ1n) is 10.4. The maximum atomic E-state index is 13.2. The number of hydrogen-bond donors (Lipinski definition) is 0. The van der Waals surface area contributed by atoms with E-state index in [2.05, 4.69) is 4.57 Å². The van der Waals surface area contributed by atoms with Crippen LogP contribution in [0.15, 0.2) is 77.8 Å². The summed E-state index contributed by atoms with van der Waals surface area (Å²) in [6, 6.07) is 19.3. The van der Waals surface area contributed by atoms with Gasteiger partial charge in [-0.15, -0.1) is 0 Å². The Morgan fingerprint density at radius 2 is 1.77 bits per heavy atom. The molecule has 0 atom stereocenters. The van der Waals surface area contributed by atoms with Gasteiger partial charge in [0.05, 0.1) is 25.6 Å². The molecule has 174 valence electrons. The van der Waals surface area contributed by atoms with E-state index in [-0.39, 0.29) is 11.6 Å². The number of anilines is 1. The van der Waals surface area contributed by atoms with E-state index in [9.17, 15) is 14.9 Å². The summed E-state index contributed by atoms with van der Waals surface area (Å²) in [5.74, 6) is -0.231. The average Bonchev–Trinajstić information content (AvgIpc) is 3.32. The Kier molecular flexibility index (Phi) is 6.37. The fraction of sp³-hybridized carbons (Fsp3) is 0.0400. The van der Waals surface area contributed by atoms with E-state index < -0.39 is 4.92 Å². The number of fused-ring (bicyclic) bond motifs is 1. The number of hydrogen-bond acceptors (Lipinski definition) is 5. The molecule has 0 unspecified atom stereocenters. The molecule has 0 aliphatic carbocycles. The number of nitro benzene ring substituents is 1. The predicted octanol–water partition coefficient (Wildman–Crippen LogP) is 7.31. The summed E-state index contributed by atoms with van der Waals surface area (Å²) < 4.78 is 2.47. The number of nitro groups is 1. The largest absolute Gasteiger partial charge is 0.342 e. The van der Waals surface area contributed by atoms with Crippen LogP contribution in [0, 0.1) is 10.1 Å². The molecule has 2 heterocycles. The van der Waals surface area contributed by atoms with Crippen molar-refractivity contribution in [2.45, 2.75) is 6.54 Å². The fourth-order valence-electron chi connectivity index (χ4n) is 3.90. The van der Waals surface area contributed by atoms with Crippen molar-refractivity contribution in [2.75, 3.05) is 4.90 Å². The van der Waals surface area contributed by atoms with Crippen LogP contribution in [0.25, 0.3) is 17.0 Å². The van der Waals surface area contributed by atoms with Crippen molar-refractivity contribution in [3.05, 3.63) is 109 Å². The Morgan fingerprint density at radius 1 is 1.03 bits per heavy atom. The summed E-state index contributed by atoms with van der Waals surface area (Å²) in [5, 5.41) is 12.7. The minimum Gasteiger partial charge on any atom is -0.342 e. The Labute approximate surface area is 219 Å². The monoisotopic (exact) mass is 539 g/mol. The Morgan fingerprint density at radius 3 is 2.49 bits per heavy atom. The van der Waals surface area contributed by atoms with Crippen LogP contribution in [-0.4, -0.2) is 19.7 Å². The molecule has 4 aromatic rings. The van der Waals surface area contributed by atoms with Crippen LogP contribution >= 0.6 is 47.2 Å². The van der Waals surface area contributed by atoms with E-state index in [0.29, 0.717) is 31.5 Å². The standard InChI is InChI=1S/C25H15Cl2N3O3S2/c26-20-10-9-18(12-21(20)27)29-24(31)23(35-25(29)34)11-16-14-28(22-4-2-1-3-19(16)22)13-15-5-7-17(8-6-15)30(32)33/h1-12,14H,13H2/b23-11+. The molecule has 0 saturated carbocycles. The summed E-state index contributed by atoms with van der Waals surface area (Å²) in [5.41, 5.74) is 3.39. The molecule has 3 aromatic carbocycles. The van der Waals surface area contributed by atoms with Gasteiger partial charge in [-0.05, 0) is 35.9 Å². The smallest absolute Gasteiger partial charge is 0.270 e. The van der Waals surface area contributed by atoms with Crippen LogP contribution in [-0.2, 0) is 11.3 Å². The van der Waals surface area contributed by atoms with Crippen molar-refractivity contribution in [1.82, 2.24) is 4.57 Å². The number of thioether (sulfide) groups is 1. The molecule has 1 amide bonds. The molecule has 0 radical (unpaired) electrons. The van der Waals surface area contributed by atoms with Gasteiger partial charge in [0.25, 0.3) is 11.6 Å². The minimum absolute atomic E-state index is 0.0517. The third-order valence-corrected chi connectivity index (χ3v) is 7.60. The van der Waals surface area contributed by atoms with Crippen LogP contribution in [0.5, 0.6) is 0 Å². The topological polar surface area (TPSA) is 68.4 Å². The summed E-state index contributed by atoms with van der Waals surface area (Å²) >= 11 is 18.9. The first-order valence-corrected chi connectivity index (χ1v) is 12.3. The predicted molar refractivity (Wildman–Crippen MR) is 146 cm³/mol. The lowest BCUT2D eigenvalue weighted by atomic mass is 10.1. The molecule has 1 aromatic heterocycles. The van der Waals surface area contributed by atoms with Crippen molar-refractivity contribution in [1.29, 1.82) is 0 Å². The van der Waals surface area contributed by atoms with Gasteiger partial charge in [0.1, 0.15) is 0 Å². The lowest BCUT2D eigenvalue weighted by Crippen LogP contribution is -2.27. The lowest BCUT2D eigenvalue weighted by Gasteiger charge is -2.15. The van der Waals surface area contributed by atoms with Gasteiger partial charge in [0, 0.05) is 41.3 Å². The molecular formula is C25H15Cl2N3O3S2. The summed E-state index contributed by atoms with van der Waals surface area (Å²) in [6.07, 6.45) is 3.81. The highest BCUT2D eigenvalue weighted by Gasteiger charge is 2.33. The van der Waals surface area contributed by atoms with E-state index in [4.69, 9.17) is 35.4 Å². The molecule has 1 aliphatic heterocycles. The van der Waals surface area contributed by atoms with Crippen molar-refractivity contribution in [3.8, 4) is 0 Å². The van der Waals surface area contributed by atoms with Gasteiger partial charge in [-0.3, -0.25) is 19.8 Å². The third-order valence-electron chi connectivity index (χ3n) is 5.56. The molecule has 6 nitrogen and oxygen atoms in total. The molecule has 1 saturated heterocycles. The van der Waals surface area contributed by atoms with Crippen LogP contribution < -0.4 is 4.90 Å². The van der Waals surface area contributed by atoms with Crippen LogP contribution in [0.1, 0.15) is 11.1 Å². The number of aromatic nitrogens is 1. The molecule has 1 aliphatic rings. The molecule has 0 spiro atoms. The van der Waals surface area contributed by atoms with E-state index in [0.717, 1.165) is 22.0 Å². The highest BCUT2D eigenvalue weighted by molar-refractivity contribution is 8.27. The van der Waals surface area contributed by atoms with Gasteiger partial charge in [0.2, 0.25) is 0 Å². The molecule has 0 bridgehead atoms. The fourth-order valence-corrected chi connectivity index (χ4v) is 5.48. The molecular weight excluding hydrogens is 525 g/mol. The van der Waals surface area contributed by atoms with Gasteiger partial charge in [-0.2, -0.15) is 0 Å². The maximum absolute atomic E-state index is 13.2. The number of nitrogens with zero attached hydrogens (tertiary/aromatic N) is 3. The number of halogens is 2. The SMILES string of the molecule is O=C1/C(=C\c2cn(Cc3ccc([N+](=O)[O-])cc3)c3ccccc23)SC(=S)N1c1ccc(Cl)c(Cl)c1. The zero-order valence-corrected chi connectivity index (χ0v) is 21.0. The Bertz CT molecular complexity index is 1550. The zero-order chi connectivity index (χ0) is 24.7. The van der Waals surface area contributed by atoms with Gasteiger partial charge in [-0.1, -0.05) is 77.5 Å². The van der Waals surface area contributed by atoms with E-state index >= 15 is 0 Å². The molecule has 35 heavy (non-hydrogen) atoms. The Balaban J connectivity index is 1.49. The highest BCUT2D eigenvalue weighted by atomic mass is 35.5. The van der Waals surface area contributed by atoms with Crippen molar-refractivity contribution < 1.29 is 9.72 Å². The number of thiocarbonyl (C=S) groups is 1. The maximum Gasteiger partial charge on any atom is 0.270 e. The average molecular weight is 540 g/mol. The van der Waals surface area contributed by atoms with Gasteiger partial charge in [0.15, 0.2) is 4.32 Å². The van der Waals surface area contributed by atoms with Crippen LogP contribution in [0.2, 0.25) is 10.0 Å².